The summed E-state index contributed by atoms with van der Waals surface area (Å²) >= 11 is 0. The molecule has 1 saturated carbocycles. The number of fused-ring (bicyclic) bond motifs is 1. The fraction of sp³-hybridized carbons (Fsp3) is 0.565. The molecule has 0 N–H and O–H groups in total. The van der Waals surface area contributed by atoms with E-state index in [0.717, 1.165) is 67.4 Å². The Labute approximate surface area is 172 Å². The maximum Gasteiger partial charge on any atom is 0.225 e. The Balaban J connectivity index is 1.47. The SMILES string of the molecule is O=C(C1CCCCC1)N1CCc2nc(-c3cccnc3)nc(N3CCCC3)c2C1. The zero-order valence-electron chi connectivity index (χ0n) is 17.0. The summed E-state index contributed by atoms with van der Waals surface area (Å²) in [5.41, 5.74) is 3.22. The number of nitrogens with zero attached hydrogens (tertiary/aromatic N) is 5. The molecular weight excluding hydrogens is 362 g/mol. The van der Waals surface area contributed by atoms with Gasteiger partial charge in [0, 0.05) is 55.5 Å². The predicted octanol–water partition coefficient (Wildman–Crippen LogP) is 3.60. The highest BCUT2D eigenvalue weighted by Crippen LogP contribution is 2.33. The number of hydrogen-bond acceptors (Lipinski definition) is 5. The lowest BCUT2D eigenvalue weighted by Crippen LogP contribution is -2.41. The smallest absolute Gasteiger partial charge is 0.225 e. The lowest BCUT2D eigenvalue weighted by molar-refractivity contribution is -0.137. The second-order valence-electron chi connectivity index (χ2n) is 8.58. The van der Waals surface area contributed by atoms with E-state index in [2.05, 4.69) is 14.8 Å². The van der Waals surface area contributed by atoms with Gasteiger partial charge < -0.3 is 9.80 Å². The summed E-state index contributed by atoms with van der Waals surface area (Å²) in [6.45, 7) is 3.49. The first-order valence-corrected chi connectivity index (χ1v) is 11.1. The Hall–Kier alpha value is -2.50. The van der Waals surface area contributed by atoms with E-state index in [1.54, 1.807) is 6.20 Å². The molecule has 0 aromatic carbocycles. The van der Waals surface area contributed by atoms with Crippen molar-refractivity contribution in [2.45, 2.75) is 57.9 Å². The van der Waals surface area contributed by atoms with Crippen molar-refractivity contribution in [2.75, 3.05) is 24.5 Å². The van der Waals surface area contributed by atoms with Crippen molar-refractivity contribution >= 4 is 11.7 Å². The van der Waals surface area contributed by atoms with Crippen LogP contribution in [0.5, 0.6) is 0 Å². The van der Waals surface area contributed by atoms with Crippen molar-refractivity contribution in [3.05, 3.63) is 35.8 Å². The summed E-state index contributed by atoms with van der Waals surface area (Å²) in [6.07, 6.45) is 12.6. The standard InChI is InChI=1S/C23H29N5O/c29-23(17-7-2-1-3-8-17)28-14-10-20-19(16-28)22(27-12-4-5-13-27)26-21(25-20)18-9-6-11-24-15-18/h6,9,11,15,17H,1-5,7-8,10,12-14,16H2. The average molecular weight is 392 g/mol. The Morgan fingerprint density at radius 3 is 2.59 bits per heavy atom. The van der Waals surface area contributed by atoms with Crippen molar-refractivity contribution in [3.8, 4) is 11.4 Å². The summed E-state index contributed by atoms with van der Waals surface area (Å²) in [5.74, 6) is 2.36. The molecule has 0 atom stereocenters. The summed E-state index contributed by atoms with van der Waals surface area (Å²) in [4.78, 5) is 31.7. The molecule has 0 unspecified atom stereocenters. The van der Waals surface area contributed by atoms with Gasteiger partial charge in [0.05, 0.1) is 12.2 Å². The van der Waals surface area contributed by atoms with E-state index in [0.29, 0.717) is 12.5 Å². The maximum absolute atomic E-state index is 13.1. The van der Waals surface area contributed by atoms with E-state index in [4.69, 9.17) is 9.97 Å². The van der Waals surface area contributed by atoms with Gasteiger partial charge in [-0.2, -0.15) is 0 Å². The van der Waals surface area contributed by atoms with Crippen molar-refractivity contribution in [2.24, 2.45) is 5.92 Å². The van der Waals surface area contributed by atoms with Gasteiger partial charge in [-0.3, -0.25) is 9.78 Å². The molecule has 5 rings (SSSR count). The fourth-order valence-corrected chi connectivity index (χ4v) is 5.01. The van der Waals surface area contributed by atoms with E-state index < -0.39 is 0 Å². The number of carbonyl (C=O) groups is 1. The molecule has 2 aliphatic heterocycles. The van der Waals surface area contributed by atoms with E-state index in [1.165, 1.54) is 32.1 Å². The van der Waals surface area contributed by atoms with E-state index in [9.17, 15) is 4.79 Å². The Morgan fingerprint density at radius 2 is 1.83 bits per heavy atom. The number of amides is 1. The lowest BCUT2D eigenvalue weighted by atomic mass is 9.87. The van der Waals surface area contributed by atoms with Crippen molar-refractivity contribution in [1.29, 1.82) is 0 Å². The van der Waals surface area contributed by atoms with Crippen LogP contribution in [0, 0.1) is 5.92 Å². The van der Waals surface area contributed by atoms with E-state index in [1.807, 2.05) is 18.3 Å². The number of hydrogen-bond donors (Lipinski definition) is 0. The third kappa shape index (κ3) is 3.72. The molecule has 3 aliphatic rings. The molecule has 2 fully saturated rings. The first-order chi connectivity index (χ1) is 14.3. The van der Waals surface area contributed by atoms with Crippen LogP contribution in [0.25, 0.3) is 11.4 Å². The Morgan fingerprint density at radius 1 is 1.00 bits per heavy atom. The zero-order valence-corrected chi connectivity index (χ0v) is 17.0. The molecule has 2 aromatic heterocycles. The summed E-state index contributed by atoms with van der Waals surface area (Å²) in [7, 11) is 0. The second kappa shape index (κ2) is 8.09. The molecular formula is C23H29N5O. The monoisotopic (exact) mass is 391 g/mol. The van der Waals surface area contributed by atoms with Crippen LogP contribution in [0.4, 0.5) is 5.82 Å². The Bertz CT molecular complexity index is 872. The molecule has 1 aliphatic carbocycles. The molecule has 4 heterocycles. The van der Waals surface area contributed by atoms with Crippen LogP contribution in [0.15, 0.2) is 24.5 Å². The summed E-state index contributed by atoms with van der Waals surface area (Å²) in [6, 6.07) is 3.95. The highest BCUT2D eigenvalue weighted by atomic mass is 16.2. The van der Waals surface area contributed by atoms with Crippen molar-refractivity contribution in [1.82, 2.24) is 19.9 Å². The maximum atomic E-state index is 13.1. The number of rotatable bonds is 3. The lowest BCUT2D eigenvalue weighted by Gasteiger charge is -2.34. The fourth-order valence-electron chi connectivity index (χ4n) is 5.01. The van der Waals surface area contributed by atoms with Crippen LogP contribution < -0.4 is 4.90 Å². The van der Waals surface area contributed by atoms with Gasteiger partial charge in [0.25, 0.3) is 0 Å². The van der Waals surface area contributed by atoms with E-state index in [-0.39, 0.29) is 5.92 Å². The molecule has 152 valence electrons. The Kier molecular flexibility index (Phi) is 5.17. The van der Waals surface area contributed by atoms with Gasteiger partial charge in [-0.25, -0.2) is 9.97 Å². The van der Waals surface area contributed by atoms with Gasteiger partial charge in [-0.15, -0.1) is 0 Å². The average Bonchev–Trinajstić information content (AvgIpc) is 3.33. The normalized spacial score (nSPS) is 20.0. The summed E-state index contributed by atoms with van der Waals surface area (Å²) in [5, 5.41) is 0. The minimum absolute atomic E-state index is 0.219. The molecule has 1 saturated heterocycles. The third-order valence-corrected chi connectivity index (χ3v) is 6.63. The summed E-state index contributed by atoms with van der Waals surface area (Å²) < 4.78 is 0. The second-order valence-corrected chi connectivity index (χ2v) is 8.58. The number of pyridine rings is 1. The van der Waals surface area contributed by atoms with Crippen LogP contribution in [0.2, 0.25) is 0 Å². The first-order valence-electron chi connectivity index (χ1n) is 11.1. The molecule has 2 aromatic rings. The van der Waals surface area contributed by atoms with Crippen molar-refractivity contribution in [3.63, 3.8) is 0 Å². The largest absolute Gasteiger partial charge is 0.356 e. The quantitative estimate of drug-likeness (QED) is 0.800. The van der Waals surface area contributed by atoms with Crippen LogP contribution >= 0.6 is 0 Å². The highest BCUT2D eigenvalue weighted by Gasteiger charge is 2.32. The minimum Gasteiger partial charge on any atom is -0.356 e. The number of aromatic nitrogens is 3. The highest BCUT2D eigenvalue weighted by molar-refractivity contribution is 5.79. The van der Waals surface area contributed by atoms with Gasteiger partial charge in [-0.1, -0.05) is 19.3 Å². The molecule has 29 heavy (non-hydrogen) atoms. The topological polar surface area (TPSA) is 62.2 Å². The van der Waals surface area contributed by atoms with Crippen LogP contribution in [-0.2, 0) is 17.8 Å². The van der Waals surface area contributed by atoms with Gasteiger partial charge in [0.2, 0.25) is 5.91 Å². The molecule has 0 radical (unpaired) electrons. The molecule has 0 spiro atoms. The molecule has 0 bridgehead atoms. The molecule has 6 heteroatoms. The van der Waals surface area contributed by atoms with Gasteiger partial charge >= 0.3 is 0 Å². The zero-order chi connectivity index (χ0) is 19.6. The minimum atomic E-state index is 0.219. The van der Waals surface area contributed by atoms with Crippen LogP contribution in [0.3, 0.4) is 0 Å². The number of carbonyl (C=O) groups excluding carboxylic acids is 1. The molecule has 6 nitrogen and oxygen atoms in total. The third-order valence-electron chi connectivity index (χ3n) is 6.63. The predicted molar refractivity (Wildman–Crippen MR) is 112 cm³/mol. The van der Waals surface area contributed by atoms with Gasteiger partial charge in [0.1, 0.15) is 5.82 Å². The van der Waals surface area contributed by atoms with Gasteiger partial charge in [-0.05, 0) is 37.8 Å². The first kappa shape index (κ1) is 18.5. The number of anilines is 1. The van der Waals surface area contributed by atoms with Crippen molar-refractivity contribution < 1.29 is 4.79 Å². The van der Waals surface area contributed by atoms with Crippen LogP contribution in [0.1, 0.15) is 56.2 Å². The van der Waals surface area contributed by atoms with Gasteiger partial charge in [0.15, 0.2) is 5.82 Å². The molecule has 1 amide bonds. The van der Waals surface area contributed by atoms with E-state index >= 15 is 0 Å². The van der Waals surface area contributed by atoms with Crippen LogP contribution in [-0.4, -0.2) is 45.4 Å².